The Labute approximate surface area is 174 Å². The molecule has 2 aliphatic heterocycles. The monoisotopic (exact) mass is 404 g/mol. The highest BCUT2D eigenvalue weighted by Crippen LogP contribution is 2.35. The van der Waals surface area contributed by atoms with Crippen LogP contribution >= 0.6 is 0 Å². The van der Waals surface area contributed by atoms with Crippen molar-refractivity contribution < 1.29 is 4.79 Å². The van der Waals surface area contributed by atoms with Gasteiger partial charge in [0.15, 0.2) is 0 Å². The third kappa shape index (κ3) is 3.28. The van der Waals surface area contributed by atoms with Gasteiger partial charge in [-0.15, -0.1) is 0 Å². The van der Waals surface area contributed by atoms with Crippen molar-refractivity contribution in [2.24, 2.45) is 13.0 Å². The Balaban J connectivity index is 1.35. The minimum absolute atomic E-state index is 0.00882. The summed E-state index contributed by atoms with van der Waals surface area (Å²) in [5.74, 6) is 1.23. The maximum absolute atomic E-state index is 13.2. The number of aromatic nitrogens is 4. The molecule has 0 radical (unpaired) electrons. The van der Waals surface area contributed by atoms with Gasteiger partial charge >= 0.3 is 0 Å². The summed E-state index contributed by atoms with van der Waals surface area (Å²) < 4.78 is 3.77. The number of piperidine rings is 1. The Morgan fingerprint density at radius 2 is 2.10 bits per heavy atom. The zero-order valence-electron chi connectivity index (χ0n) is 16.9. The first kappa shape index (κ1) is 18.6. The molecule has 2 aliphatic rings. The Morgan fingerprint density at radius 1 is 1.20 bits per heavy atom. The van der Waals surface area contributed by atoms with Crippen molar-refractivity contribution in [3.8, 4) is 11.4 Å². The molecular formula is C22H24N6O2. The van der Waals surface area contributed by atoms with Crippen molar-refractivity contribution in [2.75, 3.05) is 25.0 Å². The molecule has 8 nitrogen and oxygen atoms in total. The highest BCUT2D eigenvalue weighted by Gasteiger charge is 2.36. The van der Waals surface area contributed by atoms with Crippen molar-refractivity contribution >= 4 is 11.6 Å². The van der Waals surface area contributed by atoms with Crippen molar-refractivity contribution in [1.29, 1.82) is 0 Å². The minimum atomic E-state index is 0.00882. The van der Waals surface area contributed by atoms with Gasteiger partial charge in [-0.2, -0.15) is 0 Å². The van der Waals surface area contributed by atoms with Gasteiger partial charge in [0.2, 0.25) is 5.91 Å². The molecule has 5 heterocycles. The molecule has 8 heteroatoms. The fraction of sp³-hybridized carbons (Fsp3) is 0.364. The first-order valence-corrected chi connectivity index (χ1v) is 10.2. The lowest BCUT2D eigenvalue weighted by Crippen LogP contribution is -2.50. The molecule has 2 atom stereocenters. The molecule has 1 N–H and O–H groups in total. The molecule has 0 aromatic carbocycles. The number of fused-ring (bicyclic) bond motifs is 4. The molecule has 0 unspecified atom stereocenters. The number of anilines is 1. The predicted molar refractivity (Wildman–Crippen MR) is 113 cm³/mol. The summed E-state index contributed by atoms with van der Waals surface area (Å²) >= 11 is 0. The van der Waals surface area contributed by atoms with Gasteiger partial charge in [0.25, 0.3) is 5.56 Å². The Kier molecular flexibility index (Phi) is 4.61. The Bertz CT molecular complexity index is 1140. The largest absolute Gasteiger partial charge is 0.375 e. The lowest BCUT2D eigenvalue weighted by Gasteiger charge is -2.43. The van der Waals surface area contributed by atoms with Gasteiger partial charge in [-0.3, -0.25) is 14.6 Å². The van der Waals surface area contributed by atoms with Gasteiger partial charge in [0.1, 0.15) is 5.82 Å². The third-order valence-electron chi connectivity index (χ3n) is 6.12. The van der Waals surface area contributed by atoms with E-state index in [1.807, 2.05) is 51.5 Å². The molecule has 1 amide bonds. The maximum atomic E-state index is 13.2. The third-order valence-corrected chi connectivity index (χ3v) is 6.12. The summed E-state index contributed by atoms with van der Waals surface area (Å²) in [5, 5.41) is 3.15. The molecule has 2 bridgehead atoms. The summed E-state index contributed by atoms with van der Waals surface area (Å²) in [6.45, 7) is 2.21. The lowest BCUT2D eigenvalue weighted by molar-refractivity contribution is -0.132. The summed E-state index contributed by atoms with van der Waals surface area (Å²) in [5.41, 5.74) is 2.49. The minimum Gasteiger partial charge on any atom is -0.375 e. The number of pyridine rings is 2. The zero-order valence-corrected chi connectivity index (χ0v) is 16.9. The molecule has 3 aromatic heterocycles. The molecular weight excluding hydrogens is 380 g/mol. The van der Waals surface area contributed by atoms with E-state index in [-0.39, 0.29) is 29.8 Å². The number of hydrogen-bond donors (Lipinski definition) is 1. The van der Waals surface area contributed by atoms with Crippen molar-refractivity contribution in [2.45, 2.75) is 18.9 Å². The molecule has 1 saturated heterocycles. The van der Waals surface area contributed by atoms with E-state index in [0.717, 1.165) is 17.8 Å². The van der Waals surface area contributed by atoms with Crippen LogP contribution in [0.3, 0.4) is 0 Å². The Morgan fingerprint density at radius 3 is 2.87 bits per heavy atom. The second-order valence-corrected chi connectivity index (χ2v) is 8.14. The van der Waals surface area contributed by atoms with Crippen LogP contribution in [0.1, 0.15) is 18.0 Å². The van der Waals surface area contributed by atoms with Crippen LogP contribution in [-0.2, 0) is 18.4 Å². The van der Waals surface area contributed by atoms with E-state index in [0.29, 0.717) is 31.0 Å². The molecule has 1 fully saturated rings. The van der Waals surface area contributed by atoms with Gasteiger partial charge in [0, 0.05) is 63.1 Å². The molecule has 0 saturated carbocycles. The molecule has 0 aliphatic carbocycles. The molecule has 3 aromatic rings. The van der Waals surface area contributed by atoms with Gasteiger partial charge < -0.3 is 19.4 Å². The van der Waals surface area contributed by atoms with Crippen LogP contribution < -0.4 is 10.9 Å². The van der Waals surface area contributed by atoms with Crippen LogP contribution in [0, 0.1) is 5.92 Å². The van der Waals surface area contributed by atoms with Gasteiger partial charge in [-0.1, -0.05) is 0 Å². The molecule has 5 rings (SSSR count). The van der Waals surface area contributed by atoms with Crippen LogP contribution in [0.2, 0.25) is 0 Å². The van der Waals surface area contributed by atoms with Crippen LogP contribution in [0.15, 0.2) is 53.8 Å². The first-order chi connectivity index (χ1) is 14.6. The van der Waals surface area contributed by atoms with Crippen molar-refractivity contribution in [3.63, 3.8) is 0 Å². The number of hydrogen-bond acceptors (Lipinski definition) is 5. The molecule has 154 valence electrons. The zero-order chi connectivity index (χ0) is 20.7. The number of likely N-dealkylation sites (tertiary alicyclic amines) is 1. The predicted octanol–water partition coefficient (Wildman–Crippen LogP) is 1.70. The number of imidazole rings is 1. The number of aryl methyl sites for hydroxylation is 1. The van der Waals surface area contributed by atoms with E-state index >= 15 is 0 Å². The van der Waals surface area contributed by atoms with Crippen LogP contribution in [-0.4, -0.2) is 49.5 Å². The average molecular weight is 404 g/mol. The van der Waals surface area contributed by atoms with Gasteiger partial charge in [-0.05, 0) is 36.6 Å². The number of nitrogens with one attached hydrogen (secondary N) is 1. The number of carbonyl (C=O) groups is 1. The number of carbonyl (C=O) groups excluding carboxylic acids is 1. The maximum Gasteiger partial charge on any atom is 0.261 e. The second-order valence-electron chi connectivity index (χ2n) is 8.14. The second kappa shape index (κ2) is 7.44. The van der Waals surface area contributed by atoms with Crippen LogP contribution in [0.5, 0.6) is 0 Å². The fourth-order valence-corrected chi connectivity index (χ4v) is 4.70. The summed E-state index contributed by atoms with van der Waals surface area (Å²) in [6, 6.07) is 7.65. The summed E-state index contributed by atoms with van der Waals surface area (Å²) in [6.07, 6.45) is 7.98. The summed E-state index contributed by atoms with van der Waals surface area (Å²) in [4.78, 5) is 36.3. The number of amides is 1. The topological polar surface area (TPSA) is 85.0 Å². The average Bonchev–Trinajstić information content (AvgIpc) is 3.19. The molecule has 0 spiro atoms. The quantitative estimate of drug-likeness (QED) is 0.716. The SMILES string of the molecule is Cn1ccnc1-c1ccc2n(c1=O)C[C@H]1C[C@@H]2CN(C(=O)CNc2cccnc2)C1. The van der Waals surface area contributed by atoms with E-state index < -0.39 is 0 Å². The smallest absolute Gasteiger partial charge is 0.261 e. The van der Waals surface area contributed by atoms with E-state index in [9.17, 15) is 9.59 Å². The number of nitrogens with zero attached hydrogens (tertiary/aromatic N) is 5. The van der Waals surface area contributed by atoms with E-state index in [2.05, 4.69) is 15.3 Å². The van der Waals surface area contributed by atoms with Gasteiger partial charge in [0.05, 0.1) is 17.8 Å². The van der Waals surface area contributed by atoms with E-state index in [1.54, 1.807) is 18.6 Å². The lowest BCUT2D eigenvalue weighted by atomic mass is 9.83. The first-order valence-electron chi connectivity index (χ1n) is 10.2. The number of rotatable bonds is 4. The van der Waals surface area contributed by atoms with Crippen molar-refractivity contribution in [1.82, 2.24) is 24.0 Å². The highest BCUT2D eigenvalue weighted by atomic mass is 16.2. The highest BCUT2D eigenvalue weighted by molar-refractivity contribution is 5.81. The standard InChI is InChI=1S/C22H24N6O2/c1-26-8-7-24-21(26)18-4-5-19-16-9-15(13-28(19)22(18)30)12-27(14-16)20(29)11-25-17-3-2-6-23-10-17/h2-8,10,15-16,25H,9,11-14H2,1H3/t15-,16+/m0/s1. The fourth-order valence-electron chi connectivity index (χ4n) is 4.70. The molecule has 30 heavy (non-hydrogen) atoms. The van der Waals surface area contributed by atoms with Crippen LogP contribution in [0.4, 0.5) is 5.69 Å². The van der Waals surface area contributed by atoms with Crippen molar-refractivity contribution in [3.05, 3.63) is 65.1 Å². The van der Waals surface area contributed by atoms with Crippen LogP contribution in [0.25, 0.3) is 11.4 Å². The summed E-state index contributed by atoms with van der Waals surface area (Å²) in [7, 11) is 1.89. The normalized spacial score (nSPS) is 20.0. The van der Waals surface area contributed by atoms with E-state index in [4.69, 9.17) is 0 Å². The Hall–Kier alpha value is -3.42. The van der Waals surface area contributed by atoms with Gasteiger partial charge in [-0.25, -0.2) is 4.98 Å². The van der Waals surface area contributed by atoms with E-state index in [1.165, 1.54) is 0 Å².